The highest BCUT2D eigenvalue weighted by atomic mass is 16.1. The number of imidazole rings is 1. The first-order valence-electron chi connectivity index (χ1n) is 8.08. The van der Waals surface area contributed by atoms with Gasteiger partial charge in [-0.1, -0.05) is 29.5 Å². The Bertz CT molecular complexity index is 1250. The van der Waals surface area contributed by atoms with Gasteiger partial charge in [0.05, 0.1) is 17.9 Å². The van der Waals surface area contributed by atoms with E-state index < -0.39 is 0 Å². The van der Waals surface area contributed by atoms with Crippen LogP contribution < -0.4 is 5.56 Å². The molecule has 0 bridgehead atoms. The number of nitrogens with zero attached hydrogens (tertiary/aromatic N) is 7. The Kier molecular flexibility index (Phi) is 3.14. The summed E-state index contributed by atoms with van der Waals surface area (Å²) in [6.45, 7) is 0.321. The van der Waals surface area contributed by atoms with Crippen LogP contribution in [0.25, 0.3) is 22.5 Å². The van der Waals surface area contributed by atoms with E-state index in [1.54, 1.807) is 4.68 Å². The van der Waals surface area contributed by atoms with Crippen LogP contribution in [-0.2, 0) is 6.54 Å². The summed E-state index contributed by atoms with van der Waals surface area (Å²) in [6, 6.07) is 15.3. The standard InChI is InChI=1S/C18H13N7O/c26-18-16-17(25(22-21-16)14-6-2-1-3-7-14)19-12-24(18)11-13-10-23-9-5-4-8-15(23)20-13/h1-10,12H,11H2. The molecule has 0 spiro atoms. The molecule has 4 heterocycles. The van der Waals surface area contributed by atoms with E-state index >= 15 is 0 Å². The molecule has 8 nitrogen and oxygen atoms in total. The first-order valence-corrected chi connectivity index (χ1v) is 8.08. The number of fused-ring (bicyclic) bond motifs is 2. The van der Waals surface area contributed by atoms with Crippen LogP contribution in [0.15, 0.2) is 72.0 Å². The van der Waals surface area contributed by atoms with Crippen LogP contribution in [0.5, 0.6) is 0 Å². The van der Waals surface area contributed by atoms with Crippen molar-refractivity contribution in [2.45, 2.75) is 6.54 Å². The van der Waals surface area contributed by atoms with Gasteiger partial charge in [-0.2, -0.15) is 4.68 Å². The first kappa shape index (κ1) is 14.5. The summed E-state index contributed by atoms with van der Waals surface area (Å²) in [5.41, 5.74) is 2.84. The van der Waals surface area contributed by atoms with Gasteiger partial charge in [0.15, 0.2) is 11.2 Å². The predicted molar refractivity (Wildman–Crippen MR) is 95.2 cm³/mol. The Labute approximate surface area is 147 Å². The second kappa shape index (κ2) is 5.62. The Morgan fingerprint density at radius 3 is 2.69 bits per heavy atom. The van der Waals surface area contributed by atoms with E-state index in [1.807, 2.05) is 65.3 Å². The zero-order valence-electron chi connectivity index (χ0n) is 13.6. The summed E-state index contributed by atoms with van der Waals surface area (Å²) in [7, 11) is 0. The molecule has 0 amide bonds. The maximum Gasteiger partial charge on any atom is 0.283 e. The number of rotatable bonds is 3. The molecule has 0 saturated carbocycles. The minimum Gasteiger partial charge on any atom is -0.307 e. The summed E-state index contributed by atoms with van der Waals surface area (Å²) < 4.78 is 4.97. The lowest BCUT2D eigenvalue weighted by Gasteiger charge is -2.03. The quantitative estimate of drug-likeness (QED) is 0.498. The van der Waals surface area contributed by atoms with E-state index in [2.05, 4.69) is 20.3 Å². The third-order valence-corrected chi connectivity index (χ3v) is 4.18. The van der Waals surface area contributed by atoms with E-state index in [9.17, 15) is 4.79 Å². The molecule has 0 N–H and O–H groups in total. The number of para-hydroxylation sites is 1. The first-order chi connectivity index (χ1) is 12.8. The van der Waals surface area contributed by atoms with E-state index in [4.69, 9.17) is 0 Å². The summed E-state index contributed by atoms with van der Waals surface area (Å²) in [4.78, 5) is 21.7. The molecule has 5 rings (SSSR count). The maximum absolute atomic E-state index is 12.8. The molecule has 5 aromatic rings. The zero-order chi connectivity index (χ0) is 17.5. The Morgan fingerprint density at radius 2 is 1.85 bits per heavy atom. The molecule has 0 aliphatic carbocycles. The number of hydrogen-bond acceptors (Lipinski definition) is 5. The van der Waals surface area contributed by atoms with Crippen LogP contribution in [-0.4, -0.2) is 33.9 Å². The van der Waals surface area contributed by atoms with Crippen molar-refractivity contribution in [1.82, 2.24) is 33.9 Å². The normalized spacial score (nSPS) is 11.4. The number of benzene rings is 1. The Morgan fingerprint density at radius 1 is 1.00 bits per heavy atom. The van der Waals surface area contributed by atoms with E-state index in [0.717, 1.165) is 17.0 Å². The molecule has 4 aromatic heterocycles. The van der Waals surface area contributed by atoms with Gasteiger partial charge in [-0.05, 0) is 24.3 Å². The lowest BCUT2D eigenvalue weighted by Crippen LogP contribution is -2.21. The highest BCUT2D eigenvalue weighted by Crippen LogP contribution is 2.11. The van der Waals surface area contributed by atoms with Gasteiger partial charge < -0.3 is 4.40 Å². The summed E-state index contributed by atoms with van der Waals surface area (Å²) >= 11 is 0. The van der Waals surface area contributed by atoms with Crippen molar-refractivity contribution < 1.29 is 0 Å². The second-order valence-electron chi connectivity index (χ2n) is 5.88. The number of aromatic nitrogens is 7. The van der Waals surface area contributed by atoms with Gasteiger partial charge in [0.25, 0.3) is 5.56 Å². The smallest absolute Gasteiger partial charge is 0.283 e. The van der Waals surface area contributed by atoms with E-state index in [0.29, 0.717) is 12.2 Å². The van der Waals surface area contributed by atoms with Crippen molar-refractivity contribution in [2.24, 2.45) is 0 Å². The van der Waals surface area contributed by atoms with Crippen molar-refractivity contribution in [3.05, 3.63) is 83.3 Å². The Hall–Kier alpha value is -3.81. The van der Waals surface area contributed by atoms with Gasteiger partial charge in [0, 0.05) is 12.4 Å². The van der Waals surface area contributed by atoms with Crippen LogP contribution >= 0.6 is 0 Å². The fourth-order valence-corrected chi connectivity index (χ4v) is 2.94. The van der Waals surface area contributed by atoms with Gasteiger partial charge in [0.2, 0.25) is 0 Å². The van der Waals surface area contributed by atoms with Crippen molar-refractivity contribution in [3.8, 4) is 5.69 Å². The average Bonchev–Trinajstić information content (AvgIpc) is 3.28. The minimum atomic E-state index is -0.241. The van der Waals surface area contributed by atoms with Gasteiger partial charge in [-0.3, -0.25) is 9.36 Å². The van der Waals surface area contributed by atoms with Gasteiger partial charge in [-0.15, -0.1) is 5.10 Å². The highest BCUT2D eigenvalue weighted by molar-refractivity contribution is 5.70. The van der Waals surface area contributed by atoms with E-state index in [-0.39, 0.29) is 11.1 Å². The topological polar surface area (TPSA) is 82.9 Å². The van der Waals surface area contributed by atoms with Crippen molar-refractivity contribution >= 4 is 16.8 Å². The molecule has 0 aliphatic heterocycles. The Balaban J connectivity index is 1.57. The van der Waals surface area contributed by atoms with Crippen molar-refractivity contribution in [3.63, 3.8) is 0 Å². The fourth-order valence-electron chi connectivity index (χ4n) is 2.94. The molecule has 1 aromatic carbocycles. The monoisotopic (exact) mass is 343 g/mol. The minimum absolute atomic E-state index is 0.236. The molecular weight excluding hydrogens is 330 g/mol. The van der Waals surface area contributed by atoms with Gasteiger partial charge in [0.1, 0.15) is 12.0 Å². The molecule has 126 valence electrons. The van der Waals surface area contributed by atoms with Crippen LogP contribution in [0.4, 0.5) is 0 Å². The third-order valence-electron chi connectivity index (χ3n) is 4.18. The predicted octanol–water partition coefficient (Wildman–Crippen LogP) is 1.67. The molecule has 0 fully saturated rings. The molecule has 0 saturated heterocycles. The zero-order valence-corrected chi connectivity index (χ0v) is 13.6. The SMILES string of the molecule is O=c1c2nnn(-c3ccccc3)c2ncn1Cc1cn2ccccc2n1. The second-order valence-corrected chi connectivity index (χ2v) is 5.88. The highest BCUT2D eigenvalue weighted by Gasteiger charge is 2.14. The van der Waals surface area contributed by atoms with Crippen molar-refractivity contribution in [2.75, 3.05) is 0 Å². The molecule has 0 unspecified atom stereocenters. The van der Waals surface area contributed by atoms with Crippen LogP contribution in [0.1, 0.15) is 5.69 Å². The molecule has 0 atom stereocenters. The number of hydrogen-bond donors (Lipinski definition) is 0. The maximum atomic E-state index is 12.8. The molecule has 0 aliphatic rings. The molecule has 0 radical (unpaired) electrons. The van der Waals surface area contributed by atoms with Crippen LogP contribution in [0.3, 0.4) is 0 Å². The summed E-state index contributed by atoms with van der Waals surface area (Å²) in [6.07, 6.45) is 5.33. The lowest BCUT2D eigenvalue weighted by molar-refractivity contribution is 0.731. The summed E-state index contributed by atoms with van der Waals surface area (Å²) in [5, 5.41) is 8.11. The van der Waals surface area contributed by atoms with E-state index in [1.165, 1.54) is 10.9 Å². The lowest BCUT2D eigenvalue weighted by atomic mass is 10.3. The third kappa shape index (κ3) is 2.27. The molecular formula is C18H13N7O. The largest absolute Gasteiger partial charge is 0.307 e. The van der Waals surface area contributed by atoms with Crippen molar-refractivity contribution in [1.29, 1.82) is 0 Å². The van der Waals surface area contributed by atoms with Crippen LogP contribution in [0.2, 0.25) is 0 Å². The molecule has 8 heteroatoms. The van der Waals surface area contributed by atoms with Crippen LogP contribution in [0, 0.1) is 0 Å². The number of pyridine rings is 1. The van der Waals surface area contributed by atoms with Gasteiger partial charge >= 0.3 is 0 Å². The fraction of sp³-hybridized carbons (Fsp3) is 0.0556. The molecule has 26 heavy (non-hydrogen) atoms. The average molecular weight is 343 g/mol. The van der Waals surface area contributed by atoms with Gasteiger partial charge in [-0.25, -0.2) is 9.97 Å². The summed E-state index contributed by atoms with van der Waals surface area (Å²) in [5.74, 6) is 0.